The summed E-state index contributed by atoms with van der Waals surface area (Å²) >= 11 is 0. The van der Waals surface area contributed by atoms with Crippen LogP contribution in [0.25, 0.3) is 0 Å². The molecule has 118 valence electrons. The number of rotatable bonds is 3. The van der Waals surface area contributed by atoms with Crippen molar-refractivity contribution in [3.05, 3.63) is 29.3 Å². The smallest absolute Gasteiger partial charge is 0.315 e. The zero-order valence-corrected chi connectivity index (χ0v) is 12.3. The topological polar surface area (TPSA) is 44.8 Å². The molecule has 0 radical (unpaired) electrons. The zero-order chi connectivity index (χ0) is 15.7. The molecule has 3 unspecified atom stereocenters. The van der Waals surface area contributed by atoms with Gasteiger partial charge in [0.25, 0.3) is 0 Å². The quantitative estimate of drug-likeness (QED) is 0.804. The molecule has 22 heavy (non-hydrogen) atoms. The lowest BCUT2D eigenvalue weighted by Crippen LogP contribution is -2.37. The van der Waals surface area contributed by atoms with Gasteiger partial charge in [0.2, 0.25) is 5.82 Å². The summed E-state index contributed by atoms with van der Waals surface area (Å²) in [6.07, 6.45) is 1.71. The molecule has 1 aliphatic carbocycles. The molecule has 1 aromatic carbocycles. The molecule has 2 bridgehead atoms. The Morgan fingerprint density at radius 2 is 2.00 bits per heavy atom. The van der Waals surface area contributed by atoms with Crippen molar-refractivity contribution in [1.29, 1.82) is 0 Å². The monoisotopic (exact) mass is 310 g/mol. The van der Waals surface area contributed by atoms with Crippen LogP contribution in [0.3, 0.4) is 0 Å². The number of ether oxygens (including phenoxy) is 3. The molecule has 2 heterocycles. The van der Waals surface area contributed by atoms with E-state index in [1.54, 1.807) is 0 Å². The van der Waals surface area contributed by atoms with Crippen molar-refractivity contribution >= 4 is 5.97 Å². The average Bonchev–Trinajstić information content (AvgIpc) is 2.92. The van der Waals surface area contributed by atoms with E-state index in [9.17, 15) is 13.6 Å². The first kappa shape index (κ1) is 13.9. The number of esters is 1. The first-order valence-corrected chi connectivity index (χ1v) is 7.29. The Kier molecular flexibility index (Phi) is 2.65. The number of hydrogen-bond donors (Lipinski definition) is 0. The van der Waals surface area contributed by atoms with Gasteiger partial charge < -0.3 is 14.2 Å². The van der Waals surface area contributed by atoms with Crippen molar-refractivity contribution in [1.82, 2.24) is 0 Å². The Balaban J connectivity index is 1.90. The van der Waals surface area contributed by atoms with Gasteiger partial charge in [-0.05, 0) is 25.3 Å². The minimum Gasteiger partial charge on any atom is -0.493 e. The molecule has 3 aliphatic rings. The molecule has 1 aromatic rings. The zero-order valence-electron chi connectivity index (χ0n) is 12.3. The van der Waals surface area contributed by atoms with Crippen LogP contribution >= 0.6 is 0 Å². The summed E-state index contributed by atoms with van der Waals surface area (Å²) in [6, 6.07) is 2.58. The normalized spacial score (nSPS) is 37.8. The summed E-state index contributed by atoms with van der Waals surface area (Å²) < 4.78 is 43.6. The summed E-state index contributed by atoms with van der Waals surface area (Å²) in [5.41, 5.74) is -0.947. The highest BCUT2D eigenvalue weighted by Crippen LogP contribution is 2.78. The van der Waals surface area contributed by atoms with Crippen LogP contribution in [-0.4, -0.2) is 32.4 Å². The third-order valence-corrected chi connectivity index (χ3v) is 5.63. The summed E-state index contributed by atoms with van der Waals surface area (Å²) in [4.78, 5) is 12.4. The Morgan fingerprint density at radius 1 is 1.27 bits per heavy atom. The number of carbonyl (C=O) groups excluding carboxylic acids is 1. The van der Waals surface area contributed by atoms with E-state index in [-0.39, 0.29) is 23.9 Å². The van der Waals surface area contributed by atoms with E-state index in [2.05, 4.69) is 0 Å². The summed E-state index contributed by atoms with van der Waals surface area (Å²) in [7, 11) is 2.64. The molecule has 6 heteroatoms. The third kappa shape index (κ3) is 1.29. The van der Waals surface area contributed by atoms with Gasteiger partial charge in [0.15, 0.2) is 11.6 Å². The van der Waals surface area contributed by atoms with Crippen LogP contribution in [0.5, 0.6) is 5.75 Å². The Hall–Kier alpha value is -1.69. The van der Waals surface area contributed by atoms with E-state index in [1.165, 1.54) is 20.3 Å². The number of hydrogen-bond acceptors (Lipinski definition) is 4. The average molecular weight is 310 g/mol. The van der Waals surface area contributed by atoms with Gasteiger partial charge in [0.1, 0.15) is 5.41 Å². The van der Waals surface area contributed by atoms with E-state index in [0.29, 0.717) is 12.0 Å². The van der Waals surface area contributed by atoms with Crippen LogP contribution < -0.4 is 4.74 Å². The Labute approximate surface area is 126 Å². The van der Waals surface area contributed by atoms with Crippen LogP contribution in [-0.2, 0) is 19.7 Å². The van der Waals surface area contributed by atoms with E-state index in [1.807, 2.05) is 0 Å². The molecule has 4 rings (SSSR count). The van der Waals surface area contributed by atoms with E-state index in [4.69, 9.17) is 14.2 Å². The molecule has 0 N–H and O–H groups in total. The molecule has 4 nitrogen and oxygen atoms in total. The molecule has 2 aliphatic heterocycles. The first-order chi connectivity index (χ1) is 10.5. The maximum absolute atomic E-state index is 14.1. The lowest BCUT2D eigenvalue weighted by molar-refractivity contribution is -0.150. The maximum atomic E-state index is 14.1. The molecular formula is C16H16F2O4. The number of fused-ring (bicyclic) bond motifs is 5. The van der Waals surface area contributed by atoms with Crippen molar-refractivity contribution in [2.24, 2.45) is 5.41 Å². The summed E-state index contributed by atoms with van der Waals surface area (Å²) in [6.45, 7) is 0. The van der Waals surface area contributed by atoms with E-state index >= 15 is 0 Å². The van der Waals surface area contributed by atoms with Gasteiger partial charge >= 0.3 is 5.97 Å². The third-order valence-electron chi connectivity index (χ3n) is 5.63. The predicted molar refractivity (Wildman–Crippen MR) is 71.5 cm³/mol. The second-order valence-corrected chi connectivity index (χ2v) is 6.24. The largest absolute Gasteiger partial charge is 0.493 e. The van der Waals surface area contributed by atoms with Crippen LogP contribution in [0.4, 0.5) is 8.78 Å². The minimum absolute atomic E-state index is 0.137. The second-order valence-electron chi connectivity index (χ2n) is 6.24. The van der Waals surface area contributed by atoms with Crippen LogP contribution in [0.15, 0.2) is 12.1 Å². The van der Waals surface area contributed by atoms with Crippen LogP contribution in [0, 0.1) is 17.0 Å². The second kappa shape index (κ2) is 4.19. The standard InChI is InChI=1S/C16H16F2O4/c1-20-13-8(3-4-9(17)12(13)18)15-7-16(15,14(19)21-2)11-6-5-10(15)22-11/h3-4,10-11H,5-7H2,1-2H3/t10-,11?,15?,16?/m1/s1. The number of carbonyl (C=O) groups is 1. The van der Waals surface area contributed by atoms with Gasteiger partial charge in [0.05, 0.1) is 26.4 Å². The number of halogens is 2. The van der Waals surface area contributed by atoms with Crippen molar-refractivity contribution in [2.45, 2.75) is 36.9 Å². The van der Waals surface area contributed by atoms with Gasteiger partial charge in [-0.15, -0.1) is 0 Å². The highest BCUT2D eigenvalue weighted by Gasteiger charge is 2.86. The summed E-state index contributed by atoms with van der Waals surface area (Å²) in [5, 5.41) is 0. The highest BCUT2D eigenvalue weighted by atomic mass is 19.2. The fourth-order valence-corrected chi connectivity index (χ4v) is 4.72. The fraction of sp³-hybridized carbons (Fsp3) is 0.562. The van der Waals surface area contributed by atoms with Crippen LogP contribution in [0.2, 0.25) is 0 Å². The van der Waals surface area contributed by atoms with Crippen molar-refractivity contribution in [3.63, 3.8) is 0 Å². The SMILES string of the molecule is COC(=O)C12CC1(c1ccc(F)c(F)c1OC)[C@H]1CCC2O1. The highest BCUT2D eigenvalue weighted by molar-refractivity contribution is 5.87. The van der Waals surface area contributed by atoms with Gasteiger partial charge in [-0.3, -0.25) is 4.79 Å². The molecule has 4 atom stereocenters. The fourth-order valence-electron chi connectivity index (χ4n) is 4.72. The Morgan fingerprint density at radius 3 is 2.68 bits per heavy atom. The van der Waals surface area contributed by atoms with Crippen molar-refractivity contribution in [2.75, 3.05) is 14.2 Å². The first-order valence-electron chi connectivity index (χ1n) is 7.29. The molecule has 1 saturated carbocycles. The molecule has 2 saturated heterocycles. The van der Waals surface area contributed by atoms with E-state index < -0.39 is 22.5 Å². The van der Waals surface area contributed by atoms with E-state index in [0.717, 1.165) is 18.9 Å². The number of benzene rings is 1. The lowest BCUT2D eigenvalue weighted by Gasteiger charge is -2.27. The van der Waals surface area contributed by atoms with Gasteiger partial charge in [0, 0.05) is 11.0 Å². The molecule has 0 spiro atoms. The van der Waals surface area contributed by atoms with Gasteiger partial charge in [-0.2, -0.15) is 4.39 Å². The molecule has 3 fully saturated rings. The molecule has 0 amide bonds. The van der Waals surface area contributed by atoms with Crippen LogP contribution in [0.1, 0.15) is 24.8 Å². The van der Waals surface area contributed by atoms with Gasteiger partial charge in [-0.25, -0.2) is 4.39 Å². The minimum atomic E-state index is -1.03. The predicted octanol–water partition coefficient (Wildman–Crippen LogP) is 2.34. The van der Waals surface area contributed by atoms with Gasteiger partial charge in [-0.1, -0.05) is 6.07 Å². The van der Waals surface area contributed by atoms with Crippen molar-refractivity contribution in [3.8, 4) is 5.75 Å². The number of methoxy groups -OCH3 is 2. The summed E-state index contributed by atoms with van der Waals surface area (Å²) in [5.74, 6) is -2.47. The molecular weight excluding hydrogens is 294 g/mol. The Bertz CT molecular complexity index is 676. The maximum Gasteiger partial charge on any atom is 0.315 e. The lowest BCUT2D eigenvalue weighted by atomic mass is 9.75. The molecule has 0 aromatic heterocycles. The van der Waals surface area contributed by atoms with Crippen molar-refractivity contribution < 1.29 is 27.8 Å².